The van der Waals surface area contributed by atoms with Crippen LogP contribution in [0.15, 0.2) is 29.1 Å². The van der Waals surface area contributed by atoms with Gasteiger partial charge >= 0.3 is 0 Å². The SMILES string of the molecule is CCc1ccccc1-c1nc(O)c(C2CCCC2)c(=O)[nH]1. The molecule has 1 heterocycles. The molecule has 2 N–H and O–H groups in total. The molecule has 3 rings (SSSR count). The molecule has 1 saturated carbocycles. The molecule has 0 bridgehead atoms. The Balaban J connectivity index is 2.08. The van der Waals surface area contributed by atoms with E-state index in [-0.39, 0.29) is 17.4 Å². The number of aromatic amines is 1. The Kier molecular flexibility index (Phi) is 3.78. The maximum Gasteiger partial charge on any atom is 0.258 e. The van der Waals surface area contributed by atoms with Gasteiger partial charge in [0.15, 0.2) is 0 Å². The fourth-order valence-electron chi connectivity index (χ4n) is 3.24. The zero-order valence-electron chi connectivity index (χ0n) is 12.2. The van der Waals surface area contributed by atoms with Crippen LogP contribution in [0.2, 0.25) is 0 Å². The summed E-state index contributed by atoms with van der Waals surface area (Å²) in [5.41, 5.74) is 2.25. The molecule has 110 valence electrons. The second-order valence-corrected chi connectivity index (χ2v) is 5.64. The van der Waals surface area contributed by atoms with Crippen LogP contribution in [0.3, 0.4) is 0 Å². The molecular weight excluding hydrogens is 264 g/mol. The number of aromatic nitrogens is 2. The van der Waals surface area contributed by atoms with Crippen molar-refractivity contribution in [2.75, 3.05) is 0 Å². The molecule has 1 aromatic heterocycles. The largest absolute Gasteiger partial charge is 0.493 e. The summed E-state index contributed by atoms with van der Waals surface area (Å²) in [5, 5.41) is 10.2. The van der Waals surface area contributed by atoms with Crippen LogP contribution >= 0.6 is 0 Å². The molecule has 0 atom stereocenters. The fraction of sp³-hybridized carbons (Fsp3) is 0.412. The van der Waals surface area contributed by atoms with Crippen LogP contribution in [0.1, 0.15) is 49.7 Å². The number of nitrogens with one attached hydrogen (secondary N) is 1. The average Bonchev–Trinajstić information content (AvgIpc) is 3.00. The van der Waals surface area contributed by atoms with E-state index in [0.717, 1.165) is 43.2 Å². The molecular formula is C17H20N2O2. The monoisotopic (exact) mass is 284 g/mol. The van der Waals surface area contributed by atoms with Gasteiger partial charge in [-0.25, -0.2) is 0 Å². The number of hydrogen-bond acceptors (Lipinski definition) is 3. The lowest BCUT2D eigenvalue weighted by Gasteiger charge is -2.12. The van der Waals surface area contributed by atoms with Crippen molar-refractivity contribution in [3.8, 4) is 17.3 Å². The summed E-state index contributed by atoms with van der Waals surface area (Å²) in [4.78, 5) is 19.5. The number of nitrogens with zero attached hydrogens (tertiary/aromatic N) is 1. The number of aromatic hydroxyl groups is 1. The van der Waals surface area contributed by atoms with Gasteiger partial charge in [0.05, 0.1) is 5.56 Å². The molecule has 1 fully saturated rings. The minimum atomic E-state index is -0.199. The number of benzene rings is 1. The zero-order valence-corrected chi connectivity index (χ0v) is 12.2. The van der Waals surface area contributed by atoms with Gasteiger partial charge in [-0.2, -0.15) is 4.98 Å². The lowest BCUT2D eigenvalue weighted by molar-refractivity contribution is 0.436. The summed E-state index contributed by atoms with van der Waals surface area (Å²) >= 11 is 0. The Labute approximate surface area is 123 Å². The molecule has 0 amide bonds. The number of H-pyrrole nitrogens is 1. The van der Waals surface area contributed by atoms with Crippen molar-refractivity contribution in [2.45, 2.75) is 44.9 Å². The highest BCUT2D eigenvalue weighted by Gasteiger charge is 2.25. The second kappa shape index (κ2) is 5.72. The molecule has 21 heavy (non-hydrogen) atoms. The van der Waals surface area contributed by atoms with Crippen molar-refractivity contribution < 1.29 is 5.11 Å². The topological polar surface area (TPSA) is 66.0 Å². The van der Waals surface area contributed by atoms with E-state index in [1.807, 2.05) is 24.3 Å². The molecule has 0 saturated heterocycles. The maximum absolute atomic E-state index is 12.4. The molecule has 2 aromatic rings. The first-order valence-corrected chi connectivity index (χ1v) is 7.62. The van der Waals surface area contributed by atoms with Crippen LogP contribution in [0, 0.1) is 0 Å². The third-order valence-corrected chi connectivity index (χ3v) is 4.35. The number of hydrogen-bond donors (Lipinski definition) is 2. The zero-order chi connectivity index (χ0) is 14.8. The predicted molar refractivity (Wildman–Crippen MR) is 82.5 cm³/mol. The quantitative estimate of drug-likeness (QED) is 0.908. The van der Waals surface area contributed by atoms with E-state index in [9.17, 15) is 9.90 Å². The average molecular weight is 284 g/mol. The van der Waals surface area contributed by atoms with Gasteiger partial charge in [0, 0.05) is 5.56 Å². The van der Waals surface area contributed by atoms with Crippen molar-refractivity contribution in [2.24, 2.45) is 0 Å². The summed E-state index contributed by atoms with van der Waals surface area (Å²) in [7, 11) is 0. The lowest BCUT2D eigenvalue weighted by atomic mass is 9.99. The standard InChI is InChI=1S/C17H20N2O2/c1-2-11-7-5-6-10-13(11)15-18-16(20)14(17(21)19-15)12-8-3-4-9-12/h5-7,10,12H,2-4,8-9H2,1H3,(H2,18,19,20,21). The van der Waals surface area contributed by atoms with Crippen LogP contribution in [0.4, 0.5) is 0 Å². The summed E-state index contributed by atoms with van der Waals surface area (Å²) in [6, 6.07) is 7.81. The van der Waals surface area contributed by atoms with E-state index in [2.05, 4.69) is 16.9 Å². The van der Waals surface area contributed by atoms with Gasteiger partial charge in [-0.05, 0) is 30.7 Å². The van der Waals surface area contributed by atoms with Crippen molar-refractivity contribution in [3.05, 3.63) is 45.7 Å². The maximum atomic E-state index is 12.4. The Morgan fingerprint density at radius 1 is 1.29 bits per heavy atom. The van der Waals surface area contributed by atoms with Crippen LogP contribution in [0.5, 0.6) is 5.88 Å². The first kappa shape index (κ1) is 13.9. The van der Waals surface area contributed by atoms with E-state index in [4.69, 9.17) is 0 Å². The highest BCUT2D eigenvalue weighted by atomic mass is 16.3. The molecule has 0 aliphatic heterocycles. The molecule has 1 aliphatic rings. The van der Waals surface area contributed by atoms with E-state index in [1.165, 1.54) is 0 Å². The Morgan fingerprint density at radius 3 is 2.67 bits per heavy atom. The van der Waals surface area contributed by atoms with Crippen LogP contribution in [-0.2, 0) is 6.42 Å². The van der Waals surface area contributed by atoms with Gasteiger partial charge in [-0.15, -0.1) is 0 Å². The van der Waals surface area contributed by atoms with Gasteiger partial charge in [0.2, 0.25) is 5.88 Å². The molecule has 4 heteroatoms. The second-order valence-electron chi connectivity index (χ2n) is 5.64. The van der Waals surface area contributed by atoms with Gasteiger partial charge in [-0.1, -0.05) is 44.0 Å². The van der Waals surface area contributed by atoms with E-state index < -0.39 is 0 Å². The van der Waals surface area contributed by atoms with Crippen molar-refractivity contribution in [3.63, 3.8) is 0 Å². The molecule has 0 unspecified atom stereocenters. The highest BCUT2D eigenvalue weighted by Crippen LogP contribution is 2.36. The van der Waals surface area contributed by atoms with Gasteiger partial charge < -0.3 is 10.1 Å². The van der Waals surface area contributed by atoms with Crippen LogP contribution in [0.25, 0.3) is 11.4 Å². The molecule has 0 spiro atoms. The van der Waals surface area contributed by atoms with Crippen LogP contribution < -0.4 is 5.56 Å². The first-order chi connectivity index (χ1) is 10.2. The Morgan fingerprint density at radius 2 is 2.00 bits per heavy atom. The van der Waals surface area contributed by atoms with Crippen molar-refractivity contribution >= 4 is 0 Å². The van der Waals surface area contributed by atoms with Gasteiger partial charge in [-0.3, -0.25) is 4.79 Å². The highest BCUT2D eigenvalue weighted by molar-refractivity contribution is 5.60. The van der Waals surface area contributed by atoms with Gasteiger partial charge in [0.1, 0.15) is 5.82 Å². The smallest absolute Gasteiger partial charge is 0.258 e. The van der Waals surface area contributed by atoms with E-state index in [0.29, 0.717) is 11.4 Å². The summed E-state index contributed by atoms with van der Waals surface area (Å²) in [6.07, 6.45) is 5.01. The molecule has 1 aliphatic carbocycles. The van der Waals surface area contributed by atoms with E-state index >= 15 is 0 Å². The minimum absolute atomic E-state index is 0.105. The van der Waals surface area contributed by atoms with Crippen molar-refractivity contribution in [1.29, 1.82) is 0 Å². The van der Waals surface area contributed by atoms with Crippen molar-refractivity contribution in [1.82, 2.24) is 9.97 Å². The minimum Gasteiger partial charge on any atom is -0.493 e. The number of rotatable bonds is 3. The Hall–Kier alpha value is -2.10. The fourth-order valence-corrected chi connectivity index (χ4v) is 3.24. The number of aryl methyl sites for hydroxylation is 1. The predicted octanol–water partition coefficient (Wildman–Crippen LogP) is 3.36. The summed E-state index contributed by atoms with van der Waals surface area (Å²) in [6.45, 7) is 2.06. The third-order valence-electron chi connectivity index (χ3n) is 4.35. The molecule has 1 aromatic carbocycles. The molecule has 4 nitrogen and oxygen atoms in total. The van der Waals surface area contributed by atoms with E-state index in [1.54, 1.807) is 0 Å². The van der Waals surface area contributed by atoms with Crippen LogP contribution in [-0.4, -0.2) is 15.1 Å². The summed E-state index contributed by atoms with van der Waals surface area (Å²) < 4.78 is 0. The normalized spacial score (nSPS) is 15.5. The lowest BCUT2D eigenvalue weighted by Crippen LogP contribution is -2.17. The van der Waals surface area contributed by atoms with Gasteiger partial charge in [0.25, 0.3) is 5.56 Å². The molecule has 0 radical (unpaired) electrons. The third kappa shape index (κ3) is 2.58. The first-order valence-electron chi connectivity index (χ1n) is 7.62. The Bertz CT molecular complexity index is 700. The summed E-state index contributed by atoms with van der Waals surface area (Å²) in [5.74, 6) is 0.500.